The summed E-state index contributed by atoms with van der Waals surface area (Å²) in [6, 6.07) is -1.74. The summed E-state index contributed by atoms with van der Waals surface area (Å²) in [4.78, 5) is 24.3. The van der Waals surface area contributed by atoms with Gasteiger partial charge < -0.3 is 25.2 Å². The van der Waals surface area contributed by atoms with Gasteiger partial charge in [-0.1, -0.05) is 0 Å². The summed E-state index contributed by atoms with van der Waals surface area (Å²) >= 11 is 0. The Kier molecular flexibility index (Phi) is 6.04. The minimum Gasteiger partial charge on any atom is -0.480 e. The third-order valence-corrected chi connectivity index (χ3v) is 3.16. The number of nitrogens with zero attached hydrogens (tertiary/aromatic N) is 1. The Labute approximate surface area is 112 Å². The molecule has 1 heterocycles. The Morgan fingerprint density at radius 1 is 1.42 bits per heavy atom. The van der Waals surface area contributed by atoms with Crippen LogP contribution in [-0.2, 0) is 9.53 Å². The molecule has 2 atom stereocenters. The van der Waals surface area contributed by atoms with Gasteiger partial charge in [0, 0.05) is 19.7 Å². The maximum atomic E-state index is 11.9. The van der Waals surface area contributed by atoms with Crippen LogP contribution in [0.5, 0.6) is 0 Å². The van der Waals surface area contributed by atoms with Crippen LogP contribution < -0.4 is 5.32 Å². The highest BCUT2D eigenvalue weighted by molar-refractivity contribution is 5.83. The number of aliphatic hydroxyl groups excluding tert-OH is 1. The second-order valence-electron chi connectivity index (χ2n) is 4.65. The first-order chi connectivity index (χ1) is 8.95. The average molecular weight is 274 g/mol. The first-order valence-corrected chi connectivity index (χ1v) is 6.53. The van der Waals surface area contributed by atoms with E-state index in [4.69, 9.17) is 9.84 Å². The number of rotatable bonds is 5. The second kappa shape index (κ2) is 7.30. The zero-order chi connectivity index (χ0) is 14.4. The quantitative estimate of drug-likeness (QED) is 0.657. The van der Waals surface area contributed by atoms with Gasteiger partial charge >= 0.3 is 12.0 Å². The fourth-order valence-corrected chi connectivity index (χ4v) is 2.07. The Hall–Kier alpha value is -1.34. The highest BCUT2D eigenvalue weighted by atomic mass is 16.5. The van der Waals surface area contributed by atoms with E-state index in [0.29, 0.717) is 19.7 Å². The van der Waals surface area contributed by atoms with Gasteiger partial charge in [0.05, 0.1) is 12.2 Å². The van der Waals surface area contributed by atoms with Gasteiger partial charge in [-0.05, 0) is 26.7 Å². The number of piperidine rings is 1. The molecule has 0 radical (unpaired) electrons. The molecule has 19 heavy (non-hydrogen) atoms. The van der Waals surface area contributed by atoms with Gasteiger partial charge in [0.1, 0.15) is 0 Å². The first-order valence-electron chi connectivity index (χ1n) is 6.53. The van der Waals surface area contributed by atoms with Crippen molar-refractivity contribution in [2.45, 2.75) is 44.9 Å². The van der Waals surface area contributed by atoms with E-state index in [1.54, 1.807) is 4.90 Å². The van der Waals surface area contributed by atoms with Gasteiger partial charge in [-0.3, -0.25) is 0 Å². The fourth-order valence-electron chi connectivity index (χ4n) is 2.07. The Bertz CT molecular complexity index is 313. The molecule has 1 aliphatic heterocycles. The lowest BCUT2D eigenvalue weighted by Gasteiger charge is -2.32. The number of ether oxygens (including phenoxy) is 1. The monoisotopic (exact) mass is 274 g/mol. The number of aliphatic carboxylic acids is 1. The molecule has 0 aromatic carbocycles. The van der Waals surface area contributed by atoms with Crippen molar-refractivity contribution in [1.82, 2.24) is 10.2 Å². The van der Waals surface area contributed by atoms with Gasteiger partial charge in [-0.15, -0.1) is 0 Å². The molecule has 0 bridgehead atoms. The van der Waals surface area contributed by atoms with E-state index in [1.165, 1.54) is 6.92 Å². The number of hydrogen-bond acceptors (Lipinski definition) is 4. The molecule has 0 saturated carbocycles. The van der Waals surface area contributed by atoms with Crippen molar-refractivity contribution in [3.8, 4) is 0 Å². The molecule has 0 spiro atoms. The number of carbonyl (C=O) groups excluding carboxylic acids is 1. The van der Waals surface area contributed by atoms with E-state index in [0.717, 1.165) is 12.8 Å². The molecule has 1 saturated heterocycles. The smallest absolute Gasteiger partial charge is 0.328 e. The van der Waals surface area contributed by atoms with Gasteiger partial charge in [0.15, 0.2) is 6.04 Å². The van der Waals surface area contributed by atoms with E-state index < -0.39 is 24.1 Å². The summed E-state index contributed by atoms with van der Waals surface area (Å²) in [5, 5.41) is 20.5. The summed E-state index contributed by atoms with van der Waals surface area (Å²) in [7, 11) is 0. The maximum absolute atomic E-state index is 11.9. The number of nitrogens with one attached hydrogen (secondary N) is 1. The lowest BCUT2D eigenvalue weighted by Crippen LogP contribution is -2.54. The van der Waals surface area contributed by atoms with Crippen molar-refractivity contribution in [1.29, 1.82) is 0 Å². The molecule has 2 amide bonds. The number of carboxylic acid groups (broad SMARTS) is 1. The predicted molar refractivity (Wildman–Crippen MR) is 67.9 cm³/mol. The van der Waals surface area contributed by atoms with Gasteiger partial charge in [0.25, 0.3) is 0 Å². The normalized spacial score (nSPS) is 19.8. The van der Waals surface area contributed by atoms with E-state index in [1.807, 2.05) is 6.92 Å². The van der Waals surface area contributed by atoms with Crippen molar-refractivity contribution < 1.29 is 24.5 Å². The van der Waals surface area contributed by atoms with E-state index in [9.17, 15) is 14.7 Å². The van der Waals surface area contributed by atoms with E-state index >= 15 is 0 Å². The van der Waals surface area contributed by atoms with Crippen LogP contribution in [0.2, 0.25) is 0 Å². The predicted octanol–water partition coefficient (Wildman–Crippen LogP) is 0.0309. The summed E-state index contributed by atoms with van der Waals surface area (Å²) < 4.78 is 5.48. The SMILES string of the molecule is CCOC1CCN(C(=O)N[C@H](C(=O)O)[C@@H](C)O)CC1. The maximum Gasteiger partial charge on any atom is 0.328 e. The van der Waals surface area contributed by atoms with Crippen molar-refractivity contribution >= 4 is 12.0 Å². The van der Waals surface area contributed by atoms with Crippen molar-refractivity contribution in [2.75, 3.05) is 19.7 Å². The molecule has 1 rings (SSSR count). The van der Waals surface area contributed by atoms with Crippen LogP contribution in [0, 0.1) is 0 Å². The van der Waals surface area contributed by atoms with Gasteiger partial charge in [-0.2, -0.15) is 0 Å². The molecule has 0 unspecified atom stereocenters. The van der Waals surface area contributed by atoms with Crippen LogP contribution in [-0.4, -0.2) is 65.1 Å². The minimum atomic E-state index is -1.28. The standard InChI is InChI=1S/C12H22N2O5/c1-3-19-9-4-6-14(7-5-9)12(18)13-10(8(2)15)11(16)17/h8-10,15H,3-7H2,1-2H3,(H,13,18)(H,16,17)/t8-,10+/m1/s1. The summed E-state index contributed by atoms with van der Waals surface area (Å²) in [5.74, 6) is -1.24. The average Bonchev–Trinajstić information content (AvgIpc) is 2.36. The van der Waals surface area contributed by atoms with Crippen molar-refractivity contribution in [3.05, 3.63) is 0 Å². The van der Waals surface area contributed by atoms with Crippen molar-refractivity contribution in [2.24, 2.45) is 0 Å². The number of amides is 2. The molecular weight excluding hydrogens is 252 g/mol. The number of likely N-dealkylation sites (tertiary alicyclic amines) is 1. The number of carboxylic acids is 1. The molecule has 7 nitrogen and oxygen atoms in total. The molecule has 3 N–H and O–H groups in total. The molecule has 0 aromatic rings. The zero-order valence-corrected chi connectivity index (χ0v) is 11.3. The summed E-state index contributed by atoms with van der Waals surface area (Å²) in [5.41, 5.74) is 0. The molecule has 110 valence electrons. The topological polar surface area (TPSA) is 99.1 Å². The van der Waals surface area contributed by atoms with Crippen molar-refractivity contribution in [3.63, 3.8) is 0 Å². The molecule has 1 aliphatic rings. The summed E-state index contributed by atoms with van der Waals surface area (Å²) in [6.45, 7) is 4.98. The van der Waals surface area contributed by atoms with E-state index in [2.05, 4.69) is 5.32 Å². The van der Waals surface area contributed by atoms with Crippen LogP contribution in [0.1, 0.15) is 26.7 Å². The lowest BCUT2D eigenvalue weighted by atomic mass is 10.1. The van der Waals surface area contributed by atoms with Crippen LogP contribution in [0.4, 0.5) is 4.79 Å². The molecule has 0 aromatic heterocycles. The van der Waals surface area contributed by atoms with Crippen LogP contribution in [0.15, 0.2) is 0 Å². The number of aliphatic hydroxyl groups is 1. The molecule has 0 aliphatic carbocycles. The van der Waals surface area contributed by atoms with E-state index in [-0.39, 0.29) is 6.10 Å². The first kappa shape index (κ1) is 15.7. The largest absolute Gasteiger partial charge is 0.480 e. The number of carbonyl (C=O) groups is 2. The minimum absolute atomic E-state index is 0.168. The third kappa shape index (κ3) is 4.68. The number of hydrogen-bond donors (Lipinski definition) is 3. The van der Waals surface area contributed by atoms with Crippen LogP contribution in [0.25, 0.3) is 0 Å². The Balaban J connectivity index is 2.44. The molecular formula is C12H22N2O5. The Morgan fingerprint density at radius 2 is 2.00 bits per heavy atom. The van der Waals surface area contributed by atoms with Gasteiger partial charge in [-0.25, -0.2) is 9.59 Å². The highest BCUT2D eigenvalue weighted by Crippen LogP contribution is 2.13. The molecule has 1 fully saturated rings. The second-order valence-corrected chi connectivity index (χ2v) is 4.65. The highest BCUT2D eigenvalue weighted by Gasteiger charge is 2.29. The number of urea groups is 1. The Morgan fingerprint density at radius 3 is 2.42 bits per heavy atom. The third-order valence-electron chi connectivity index (χ3n) is 3.16. The van der Waals surface area contributed by atoms with Crippen LogP contribution in [0.3, 0.4) is 0 Å². The van der Waals surface area contributed by atoms with Gasteiger partial charge in [0.2, 0.25) is 0 Å². The zero-order valence-electron chi connectivity index (χ0n) is 11.3. The fraction of sp³-hybridized carbons (Fsp3) is 0.833. The molecule has 7 heteroatoms. The van der Waals surface area contributed by atoms with Crippen LogP contribution >= 0.6 is 0 Å². The lowest BCUT2D eigenvalue weighted by molar-refractivity contribution is -0.141. The summed E-state index contributed by atoms with van der Waals surface area (Å²) in [6.07, 6.45) is 0.518.